The number of phenols is 2. The summed E-state index contributed by atoms with van der Waals surface area (Å²) in [6.45, 7) is 2.90. The van der Waals surface area contributed by atoms with Crippen molar-refractivity contribution < 1.29 is 19.7 Å². The molecule has 5 aromatic rings. The molecule has 3 N–H and O–H groups in total. The fraction of sp³-hybridized carbons (Fsp3) is 0.147. The average Bonchev–Trinajstić information content (AvgIpc) is 2.98. The van der Waals surface area contributed by atoms with Crippen molar-refractivity contribution in [3.63, 3.8) is 0 Å². The third kappa shape index (κ3) is 5.86. The van der Waals surface area contributed by atoms with Crippen LogP contribution in [0.3, 0.4) is 0 Å². The summed E-state index contributed by atoms with van der Waals surface area (Å²) < 4.78 is 5.22. The first-order valence-corrected chi connectivity index (χ1v) is 13.3. The molecule has 0 bridgehead atoms. The summed E-state index contributed by atoms with van der Waals surface area (Å²) in [6, 6.07) is 32.3. The summed E-state index contributed by atoms with van der Waals surface area (Å²) in [5.41, 5.74) is 6.17. The number of nitrogens with zero attached hydrogens (tertiary/aromatic N) is 1. The summed E-state index contributed by atoms with van der Waals surface area (Å²) in [5, 5.41) is 24.8. The van der Waals surface area contributed by atoms with Crippen LogP contribution in [0.2, 0.25) is 0 Å². The Morgan fingerprint density at radius 1 is 0.800 bits per heavy atom. The highest BCUT2D eigenvalue weighted by Gasteiger charge is 2.14. The Kier molecular flexibility index (Phi) is 7.87. The molecule has 0 spiro atoms. The molecule has 0 unspecified atom stereocenters. The maximum atomic E-state index is 12.9. The second-order valence-corrected chi connectivity index (χ2v) is 9.64. The molecule has 5 aromatic carbocycles. The summed E-state index contributed by atoms with van der Waals surface area (Å²) in [4.78, 5) is 14.6. The van der Waals surface area contributed by atoms with Gasteiger partial charge in [0.15, 0.2) is 0 Å². The number of ether oxygens (including phenoxy) is 1. The molecule has 0 radical (unpaired) electrons. The van der Waals surface area contributed by atoms with Crippen LogP contribution in [0.15, 0.2) is 103 Å². The zero-order valence-electron chi connectivity index (χ0n) is 22.6. The van der Waals surface area contributed by atoms with Crippen molar-refractivity contribution in [3.05, 3.63) is 120 Å². The minimum atomic E-state index is -0.158. The number of hydrogen-bond donors (Lipinski definition) is 3. The maximum absolute atomic E-state index is 12.9. The number of urea groups is 1. The predicted molar refractivity (Wildman–Crippen MR) is 160 cm³/mol. The number of benzene rings is 5. The first-order chi connectivity index (χ1) is 19.4. The van der Waals surface area contributed by atoms with E-state index in [0.717, 1.165) is 50.0 Å². The lowest BCUT2D eigenvalue weighted by Crippen LogP contribution is -2.39. The second kappa shape index (κ2) is 11.8. The minimum absolute atomic E-state index is 0.158. The molecule has 0 aliphatic carbocycles. The van der Waals surface area contributed by atoms with Crippen molar-refractivity contribution in [2.75, 3.05) is 18.6 Å². The van der Waals surface area contributed by atoms with E-state index in [4.69, 9.17) is 4.74 Å². The van der Waals surface area contributed by atoms with Gasteiger partial charge in [-0.05, 0) is 100 Å². The number of methoxy groups -OCH3 is 1. The summed E-state index contributed by atoms with van der Waals surface area (Å²) >= 11 is 0. The van der Waals surface area contributed by atoms with E-state index in [-0.39, 0.29) is 17.5 Å². The molecule has 2 amide bonds. The number of hydrogen-bond acceptors (Lipinski definition) is 4. The van der Waals surface area contributed by atoms with Gasteiger partial charge in [-0.15, -0.1) is 0 Å². The molecule has 6 heteroatoms. The zero-order valence-corrected chi connectivity index (χ0v) is 22.6. The van der Waals surface area contributed by atoms with Crippen molar-refractivity contribution in [2.45, 2.75) is 19.9 Å². The van der Waals surface area contributed by atoms with Gasteiger partial charge < -0.3 is 20.3 Å². The Morgan fingerprint density at radius 3 is 2.15 bits per heavy atom. The Hall–Kier alpha value is -4.97. The Morgan fingerprint density at radius 2 is 1.48 bits per heavy atom. The van der Waals surface area contributed by atoms with Gasteiger partial charge >= 0.3 is 6.03 Å². The average molecular weight is 533 g/mol. The third-order valence-electron chi connectivity index (χ3n) is 7.09. The third-order valence-corrected chi connectivity index (χ3v) is 7.09. The number of phenolic OH excluding ortho intramolecular Hbond substituents is 2. The number of anilines is 1. The standard InChI is InChI=1S/C34H32N2O4/c1-3-36(27-11-16-30(40-2)17-12-27)34(39)35-22-24-6-4-23(5-7-24)20-33-31(25-8-13-28(37)14-9-25)18-10-26-21-29(38)15-19-32(26)33/h4-19,21,37-38H,3,20,22H2,1-2H3,(H,35,39). The maximum Gasteiger partial charge on any atom is 0.322 e. The van der Waals surface area contributed by atoms with Crippen LogP contribution in [0.1, 0.15) is 23.6 Å². The van der Waals surface area contributed by atoms with Gasteiger partial charge in [-0.1, -0.05) is 54.6 Å². The molecule has 0 aliphatic heterocycles. The van der Waals surface area contributed by atoms with E-state index in [0.29, 0.717) is 19.5 Å². The molecule has 0 aromatic heterocycles. The van der Waals surface area contributed by atoms with Gasteiger partial charge in [0.2, 0.25) is 0 Å². The van der Waals surface area contributed by atoms with Crippen molar-refractivity contribution >= 4 is 22.5 Å². The van der Waals surface area contributed by atoms with E-state index in [9.17, 15) is 15.0 Å². The summed E-state index contributed by atoms with van der Waals surface area (Å²) in [7, 11) is 1.62. The molecule has 0 fully saturated rings. The molecule has 0 saturated carbocycles. The van der Waals surface area contributed by atoms with Gasteiger partial charge in [0.25, 0.3) is 0 Å². The fourth-order valence-electron chi connectivity index (χ4n) is 4.94. The van der Waals surface area contributed by atoms with Crippen molar-refractivity contribution in [2.24, 2.45) is 0 Å². The normalized spacial score (nSPS) is 10.8. The van der Waals surface area contributed by atoms with Crippen LogP contribution in [0.5, 0.6) is 17.2 Å². The molecule has 202 valence electrons. The van der Waals surface area contributed by atoms with Gasteiger partial charge in [-0.25, -0.2) is 4.79 Å². The molecule has 40 heavy (non-hydrogen) atoms. The van der Waals surface area contributed by atoms with Crippen molar-refractivity contribution in [1.29, 1.82) is 0 Å². The van der Waals surface area contributed by atoms with E-state index in [1.54, 1.807) is 36.3 Å². The molecular weight excluding hydrogens is 500 g/mol. The van der Waals surface area contributed by atoms with Crippen LogP contribution >= 0.6 is 0 Å². The molecular formula is C34H32N2O4. The lowest BCUT2D eigenvalue weighted by Gasteiger charge is -2.22. The van der Waals surface area contributed by atoms with E-state index in [2.05, 4.69) is 23.5 Å². The highest BCUT2D eigenvalue weighted by atomic mass is 16.5. The molecule has 0 atom stereocenters. The van der Waals surface area contributed by atoms with E-state index >= 15 is 0 Å². The fourth-order valence-corrected chi connectivity index (χ4v) is 4.94. The highest BCUT2D eigenvalue weighted by Crippen LogP contribution is 2.34. The first kappa shape index (κ1) is 26.6. The Balaban J connectivity index is 1.33. The predicted octanol–water partition coefficient (Wildman–Crippen LogP) is 7.25. The summed E-state index contributed by atoms with van der Waals surface area (Å²) in [6.07, 6.45) is 0.687. The number of fused-ring (bicyclic) bond motifs is 1. The number of carbonyl (C=O) groups excluding carboxylic acids is 1. The Bertz CT molecular complexity index is 1610. The molecule has 0 aliphatic rings. The lowest BCUT2D eigenvalue weighted by atomic mass is 9.90. The monoisotopic (exact) mass is 532 g/mol. The van der Waals surface area contributed by atoms with E-state index in [1.807, 2.05) is 67.6 Å². The SMILES string of the molecule is CCN(C(=O)NCc1ccc(Cc2c(-c3ccc(O)cc3)ccc3cc(O)ccc23)cc1)c1ccc(OC)cc1. The number of carbonyl (C=O) groups is 1. The minimum Gasteiger partial charge on any atom is -0.508 e. The van der Waals surface area contributed by atoms with E-state index in [1.165, 1.54) is 0 Å². The topological polar surface area (TPSA) is 82.0 Å². The van der Waals surface area contributed by atoms with Gasteiger partial charge in [0.1, 0.15) is 17.2 Å². The van der Waals surface area contributed by atoms with Crippen molar-refractivity contribution in [3.8, 4) is 28.4 Å². The number of rotatable bonds is 8. The number of aromatic hydroxyl groups is 2. The van der Waals surface area contributed by atoms with Crippen LogP contribution < -0.4 is 15.0 Å². The van der Waals surface area contributed by atoms with Crippen LogP contribution in [0.4, 0.5) is 10.5 Å². The van der Waals surface area contributed by atoms with Crippen LogP contribution in [0.25, 0.3) is 21.9 Å². The number of amides is 2. The zero-order chi connectivity index (χ0) is 28.1. The largest absolute Gasteiger partial charge is 0.508 e. The summed E-state index contributed by atoms with van der Waals surface area (Å²) in [5.74, 6) is 1.21. The van der Waals surface area contributed by atoms with Gasteiger partial charge in [-0.2, -0.15) is 0 Å². The molecule has 5 rings (SSSR count). The Labute approximate surface area is 234 Å². The van der Waals surface area contributed by atoms with Crippen LogP contribution in [-0.4, -0.2) is 29.9 Å². The second-order valence-electron chi connectivity index (χ2n) is 9.64. The number of nitrogens with one attached hydrogen (secondary N) is 1. The quantitative estimate of drug-likeness (QED) is 0.197. The lowest BCUT2D eigenvalue weighted by molar-refractivity contribution is 0.246. The highest BCUT2D eigenvalue weighted by molar-refractivity contribution is 5.93. The van der Waals surface area contributed by atoms with Crippen molar-refractivity contribution in [1.82, 2.24) is 5.32 Å². The van der Waals surface area contributed by atoms with Crippen LogP contribution in [0, 0.1) is 0 Å². The molecule has 0 saturated heterocycles. The van der Waals surface area contributed by atoms with E-state index < -0.39 is 0 Å². The smallest absolute Gasteiger partial charge is 0.322 e. The molecule has 0 heterocycles. The van der Waals surface area contributed by atoms with Gasteiger partial charge in [0, 0.05) is 18.8 Å². The first-order valence-electron chi connectivity index (χ1n) is 13.3. The van der Waals surface area contributed by atoms with Crippen LogP contribution in [-0.2, 0) is 13.0 Å². The molecule has 6 nitrogen and oxygen atoms in total. The van der Waals surface area contributed by atoms with Gasteiger partial charge in [-0.3, -0.25) is 4.90 Å². The van der Waals surface area contributed by atoms with Gasteiger partial charge in [0.05, 0.1) is 7.11 Å².